The number of amides is 2. The van der Waals surface area contributed by atoms with Gasteiger partial charge in [-0.1, -0.05) is 32.0 Å². The van der Waals surface area contributed by atoms with Crippen LogP contribution < -0.4 is 5.32 Å². The zero-order valence-corrected chi connectivity index (χ0v) is 10.6. The van der Waals surface area contributed by atoms with Crippen LogP contribution in [0.3, 0.4) is 0 Å². The summed E-state index contributed by atoms with van der Waals surface area (Å²) in [5, 5.41) is 3.02. The average Bonchev–Trinajstić information content (AvgIpc) is 2.83. The van der Waals surface area contributed by atoms with Crippen LogP contribution in [-0.4, -0.2) is 24.0 Å². The maximum atomic E-state index is 12.0. The van der Waals surface area contributed by atoms with E-state index in [2.05, 4.69) is 25.2 Å². The smallest absolute Gasteiger partial charge is 0.321 e. The highest BCUT2D eigenvalue weighted by atomic mass is 16.2. The van der Waals surface area contributed by atoms with Gasteiger partial charge < -0.3 is 10.2 Å². The molecule has 0 atom stereocenters. The average molecular weight is 232 g/mol. The molecule has 17 heavy (non-hydrogen) atoms. The van der Waals surface area contributed by atoms with E-state index in [1.54, 1.807) is 0 Å². The molecule has 0 aromatic heterocycles. The highest BCUT2D eigenvalue weighted by Crippen LogP contribution is 2.24. The number of nitrogens with one attached hydrogen (secondary N) is 1. The van der Waals surface area contributed by atoms with Crippen molar-refractivity contribution in [3.05, 3.63) is 29.8 Å². The van der Waals surface area contributed by atoms with Gasteiger partial charge in [-0.15, -0.1) is 0 Å². The quantitative estimate of drug-likeness (QED) is 0.832. The van der Waals surface area contributed by atoms with Crippen LogP contribution in [0.15, 0.2) is 24.3 Å². The molecule has 1 aromatic rings. The van der Waals surface area contributed by atoms with Gasteiger partial charge in [0.2, 0.25) is 0 Å². The van der Waals surface area contributed by atoms with Crippen molar-refractivity contribution in [1.29, 1.82) is 0 Å². The van der Waals surface area contributed by atoms with Gasteiger partial charge in [-0.3, -0.25) is 0 Å². The monoisotopic (exact) mass is 232 g/mol. The van der Waals surface area contributed by atoms with Gasteiger partial charge in [0.15, 0.2) is 0 Å². The predicted octanol–water partition coefficient (Wildman–Crippen LogP) is 3.44. The second kappa shape index (κ2) is 5.21. The van der Waals surface area contributed by atoms with E-state index in [4.69, 9.17) is 0 Å². The summed E-state index contributed by atoms with van der Waals surface area (Å²) in [6.07, 6.45) is 2.25. The third-order valence-corrected chi connectivity index (χ3v) is 3.22. The van der Waals surface area contributed by atoms with E-state index in [1.807, 2.05) is 23.1 Å². The normalized spacial score (nSPS) is 15.4. The van der Waals surface area contributed by atoms with Crippen molar-refractivity contribution >= 4 is 11.7 Å². The van der Waals surface area contributed by atoms with Gasteiger partial charge in [0.25, 0.3) is 0 Å². The Bertz CT molecular complexity index is 395. The van der Waals surface area contributed by atoms with E-state index >= 15 is 0 Å². The summed E-state index contributed by atoms with van der Waals surface area (Å²) < 4.78 is 0. The third-order valence-electron chi connectivity index (χ3n) is 3.22. The highest BCUT2D eigenvalue weighted by Gasteiger charge is 2.18. The first kappa shape index (κ1) is 12.0. The fourth-order valence-corrected chi connectivity index (χ4v) is 2.23. The molecule has 3 heteroatoms. The third kappa shape index (κ3) is 2.78. The standard InChI is InChI=1S/C14H20N2O/c1-11(2)12-7-3-4-8-13(12)15-14(17)16-9-5-6-10-16/h3-4,7-8,11H,5-6,9-10H2,1-2H3,(H,15,17). The lowest BCUT2D eigenvalue weighted by Gasteiger charge is -2.19. The summed E-state index contributed by atoms with van der Waals surface area (Å²) in [7, 11) is 0. The summed E-state index contributed by atoms with van der Waals surface area (Å²) in [5.74, 6) is 0.421. The number of carbonyl (C=O) groups excluding carboxylic acids is 1. The van der Waals surface area contributed by atoms with E-state index in [0.29, 0.717) is 5.92 Å². The van der Waals surface area contributed by atoms with Crippen molar-refractivity contribution in [3.8, 4) is 0 Å². The number of para-hydroxylation sites is 1. The molecule has 1 N–H and O–H groups in total. The Morgan fingerprint density at radius 2 is 1.88 bits per heavy atom. The summed E-state index contributed by atoms with van der Waals surface area (Å²) >= 11 is 0. The van der Waals surface area contributed by atoms with Crippen LogP contribution in [0.2, 0.25) is 0 Å². The molecule has 1 fully saturated rings. The van der Waals surface area contributed by atoms with Gasteiger partial charge in [-0.2, -0.15) is 0 Å². The Morgan fingerprint density at radius 3 is 2.53 bits per heavy atom. The number of benzene rings is 1. The lowest BCUT2D eigenvalue weighted by atomic mass is 10.0. The van der Waals surface area contributed by atoms with Crippen molar-refractivity contribution in [1.82, 2.24) is 4.90 Å². The number of anilines is 1. The highest BCUT2D eigenvalue weighted by molar-refractivity contribution is 5.90. The molecule has 1 aliphatic rings. The molecule has 0 unspecified atom stereocenters. The van der Waals surface area contributed by atoms with E-state index in [0.717, 1.165) is 31.6 Å². The van der Waals surface area contributed by atoms with Crippen molar-refractivity contribution in [2.24, 2.45) is 0 Å². The number of urea groups is 1. The Kier molecular flexibility index (Phi) is 3.67. The van der Waals surface area contributed by atoms with Gasteiger partial charge in [-0.05, 0) is 30.4 Å². The second-order valence-electron chi connectivity index (χ2n) is 4.87. The molecule has 2 amide bonds. The molecule has 0 saturated carbocycles. The Morgan fingerprint density at radius 1 is 1.24 bits per heavy atom. The summed E-state index contributed by atoms with van der Waals surface area (Å²) in [6.45, 7) is 6.05. The van der Waals surface area contributed by atoms with Crippen LogP contribution in [0.25, 0.3) is 0 Å². The van der Waals surface area contributed by atoms with E-state index in [9.17, 15) is 4.79 Å². The molecule has 1 heterocycles. The molecule has 1 saturated heterocycles. The molecule has 0 aliphatic carbocycles. The number of nitrogens with zero attached hydrogens (tertiary/aromatic N) is 1. The van der Waals surface area contributed by atoms with Crippen LogP contribution in [0.1, 0.15) is 38.2 Å². The molecule has 3 nitrogen and oxygen atoms in total. The first-order valence-electron chi connectivity index (χ1n) is 6.33. The number of hydrogen-bond donors (Lipinski definition) is 1. The fourth-order valence-electron chi connectivity index (χ4n) is 2.23. The van der Waals surface area contributed by atoms with E-state index in [1.165, 1.54) is 5.56 Å². The maximum absolute atomic E-state index is 12.0. The maximum Gasteiger partial charge on any atom is 0.321 e. The van der Waals surface area contributed by atoms with E-state index < -0.39 is 0 Å². The predicted molar refractivity (Wildman–Crippen MR) is 70.4 cm³/mol. The summed E-state index contributed by atoms with van der Waals surface area (Å²) in [4.78, 5) is 13.9. The lowest BCUT2D eigenvalue weighted by molar-refractivity contribution is 0.222. The first-order chi connectivity index (χ1) is 8.18. The fraction of sp³-hybridized carbons (Fsp3) is 0.500. The minimum atomic E-state index is 0.0376. The molecular formula is C14H20N2O. The zero-order chi connectivity index (χ0) is 12.3. The lowest BCUT2D eigenvalue weighted by Crippen LogP contribution is -2.32. The van der Waals surface area contributed by atoms with Crippen molar-refractivity contribution in [2.75, 3.05) is 18.4 Å². The molecule has 1 aromatic carbocycles. The summed E-state index contributed by atoms with van der Waals surface area (Å²) in [5.41, 5.74) is 2.14. The Labute approximate surface area is 103 Å². The van der Waals surface area contributed by atoms with Gasteiger partial charge in [-0.25, -0.2) is 4.79 Å². The molecule has 0 spiro atoms. The topological polar surface area (TPSA) is 32.3 Å². The molecule has 1 aliphatic heterocycles. The molecule has 0 bridgehead atoms. The van der Waals surface area contributed by atoms with Crippen LogP contribution in [-0.2, 0) is 0 Å². The van der Waals surface area contributed by atoms with Gasteiger partial charge in [0.1, 0.15) is 0 Å². The van der Waals surface area contributed by atoms with Gasteiger partial charge >= 0.3 is 6.03 Å². The number of hydrogen-bond acceptors (Lipinski definition) is 1. The number of carbonyl (C=O) groups is 1. The second-order valence-corrected chi connectivity index (χ2v) is 4.87. The van der Waals surface area contributed by atoms with Gasteiger partial charge in [0.05, 0.1) is 0 Å². The Balaban J connectivity index is 2.09. The largest absolute Gasteiger partial charge is 0.325 e. The zero-order valence-electron chi connectivity index (χ0n) is 10.6. The van der Waals surface area contributed by atoms with E-state index in [-0.39, 0.29) is 6.03 Å². The number of rotatable bonds is 2. The molecule has 92 valence electrons. The minimum Gasteiger partial charge on any atom is -0.325 e. The van der Waals surface area contributed by atoms with Gasteiger partial charge in [0, 0.05) is 18.8 Å². The molecular weight excluding hydrogens is 212 g/mol. The molecule has 0 radical (unpaired) electrons. The molecule has 2 rings (SSSR count). The van der Waals surface area contributed by atoms with Crippen LogP contribution in [0.4, 0.5) is 10.5 Å². The van der Waals surface area contributed by atoms with Crippen molar-refractivity contribution in [3.63, 3.8) is 0 Å². The Hall–Kier alpha value is -1.51. The van der Waals surface area contributed by atoms with Crippen molar-refractivity contribution in [2.45, 2.75) is 32.6 Å². The van der Waals surface area contributed by atoms with Crippen LogP contribution in [0, 0.1) is 0 Å². The SMILES string of the molecule is CC(C)c1ccccc1NC(=O)N1CCCC1. The number of likely N-dealkylation sites (tertiary alicyclic amines) is 1. The summed E-state index contributed by atoms with van der Waals surface area (Å²) in [6, 6.07) is 8.07. The minimum absolute atomic E-state index is 0.0376. The van der Waals surface area contributed by atoms with Crippen LogP contribution >= 0.6 is 0 Å². The first-order valence-corrected chi connectivity index (χ1v) is 6.33. The van der Waals surface area contributed by atoms with Crippen molar-refractivity contribution < 1.29 is 4.79 Å². The van der Waals surface area contributed by atoms with Crippen LogP contribution in [0.5, 0.6) is 0 Å².